The van der Waals surface area contributed by atoms with E-state index in [1.807, 2.05) is 24.3 Å². The van der Waals surface area contributed by atoms with Crippen LogP contribution >= 0.6 is 0 Å². The summed E-state index contributed by atoms with van der Waals surface area (Å²) in [5, 5.41) is 7.67. The molecule has 0 fully saturated rings. The Hall–Kier alpha value is -2.50. The van der Waals surface area contributed by atoms with E-state index < -0.39 is 0 Å². The number of carbonyl (C=O) groups excluding carboxylic acids is 2. The molecule has 2 amide bonds. The van der Waals surface area contributed by atoms with Crippen LogP contribution in [0, 0.1) is 0 Å². The van der Waals surface area contributed by atoms with Gasteiger partial charge in [0.25, 0.3) is 0 Å². The molecule has 0 unspecified atom stereocenters. The Morgan fingerprint density at radius 1 is 1.36 bits per heavy atom. The van der Waals surface area contributed by atoms with Gasteiger partial charge in [0.1, 0.15) is 0 Å². The van der Waals surface area contributed by atoms with E-state index in [-0.39, 0.29) is 30.1 Å². The van der Waals surface area contributed by atoms with Gasteiger partial charge in [-0.05, 0) is 16.5 Å². The molecule has 0 bridgehead atoms. The lowest BCUT2D eigenvalue weighted by atomic mass is 9.87. The van der Waals surface area contributed by atoms with Crippen molar-refractivity contribution in [2.75, 3.05) is 0 Å². The zero-order valence-corrected chi connectivity index (χ0v) is 13.0. The Morgan fingerprint density at radius 2 is 2.05 bits per heavy atom. The minimum Gasteiger partial charge on any atom is -0.273 e. The highest BCUT2D eigenvalue weighted by Gasteiger charge is 2.17. The fourth-order valence-electron chi connectivity index (χ4n) is 1.98. The molecule has 1 aliphatic rings. The van der Waals surface area contributed by atoms with Crippen LogP contribution in [-0.2, 0) is 15.0 Å². The van der Waals surface area contributed by atoms with Gasteiger partial charge in [-0.2, -0.15) is 10.2 Å². The summed E-state index contributed by atoms with van der Waals surface area (Å²) in [4.78, 5) is 22.6. The Morgan fingerprint density at radius 3 is 2.59 bits per heavy atom. The molecular weight excluding hydrogens is 280 g/mol. The van der Waals surface area contributed by atoms with E-state index in [0.717, 1.165) is 5.56 Å². The lowest BCUT2D eigenvalue weighted by Crippen LogP contribution is -2.20. The third-order valence-electron chi connectivity index (χ3n) is 3.25. The molecule has 0 atom stereocenters. The first-order valence-electron chi connectivity index (χ1n) is 7.11. The first-order valence-corrected chi connectivity index (χ1v) is 7.11. The van der Waals surface area contributed by atoms with Gasteiger partial charge in [0.2, 0.25) is 11.8 Å². The van der Waals surface area contributed by atoms with Gasteiger partial charge in [-0.1, -0.05) is 45.0 Å². The Bertz CT molecular complexity index is 625. The third-order valence-corrected chi connectivity index (χ3v) is 3.25. The highest BCUT2D eigenvalue weighted by molar-refractivity contribution is 6.11. The number of benzene rings is 1. The van der Waals surface area contributed by atoms with Crippen LogP contribution in [0.2, 0.25) is 0 Å². The van der Waals surface area contributed by atoms with Crippen molar-refractivity contribution in [3.8, 4) is 0 Å². The third kappa shape index (κ3) is 4.51. The Kier molecular flexibility index (Phi) is 4.70. The smallest absolute Gasteiger partial charge is 0.245 e. The molecule has 0 saturated heterocycles. The van der Waals surface area contributed by atoms with Crippen LogP contribution in [0.3, 0.4) is 0 Å². The quantitative estimate of drug-likeness (QED) is 0.655. The van der Waals surface area contributed by atoms with Crippen molar-refractivity contribution in [2.45, 2.75) is 39.0 Å². The standard InChI is InChI=1S/C16H20N4O2/c1-16(2,3)12-6-4-11(5-7-12)10-17-19-14(21)8-13-9-15(22)20-18-13/h4-7,10H,8-9H2,1-3H3,(H,19,21)(H,20,22). The molecule has 22 heavy (non-hydrogen) atoms. The molecule has 0 saturated carbocycles. The molecule has 116 valence electrons. The lowest BCUT2D eigenvalue weighted by Gasteiger charge is -2.18. The van der Waals surface area contributed by atoms with E-state index in [2.05, 4.69) is 41.8 Å². The van der Waals surface area contributed by atoms with E-state index in [0.29, 0.717) is 5.71 Å². The van der Waals surface area contributed by atoms with Crippen molar-refractivity contribution < 1.29 is 9.59 Å². The van der Waals surface area contributed by atoms with Crippen LogP contribution in [0.5, 0.6) is 0 Å². The first kappa shape index (κ1) is 15.9. The van der Waals surface area contributed by atoms with Crippen molar-refractivity contribution in [3.63, 3.8) is 0 Å². The Balaban J connectivity index is 1.84. The fraction of sp³-hybridized carbons (Fsp3) is 0.375. The molecule has 2 rings (SSSR count). The molecule has 1 aromatic rings. The topological polar surface area (TPSA) is 82.9 Å². The monoisotopic (exact) mass is 300 g/mol. The van der Waals surface area contributed by atoms with Crippen LogP contribution in [0.15, 0.2) is 34.5 Å². The largest absolute Gasteiger partial charge is 0.273 e. The van der Waals surface area contributed by atoms with Crippen molar-refractivity contribution in [1.29, 1.82) is 0 Å². The summed E-state index contributed by atoms with van der Waals surface area (Å²) in [5.74, 6) is -0.483. The zero-order valence-electron chi connectivity index (χ0n) is 13.0. The van der Waals surface area contributed by atoms with E-state index in [1.165, 1.54) is 5.56 Å². The summed E-state index contributed by atoms with van der Waals surface area (Å²) in [6, 6.07) is 8.02. The first-order chi connectivity index (χ1) is 10.3. The van der Waals surface area contributed by atoms with Crippen molar-refractivity contribution >= 4 is 23.7 Å². The molecule has 6 heteroatoms. The number of hydrogen-bond donors (Lipinski definition) is 2. The molecule has 1 aliphatic heterocycles. The second-order valence-electron chi connectivity index (χ2n) is 6.23. The van der Waals surface area contributed by atoms with Crippen molar-refractivity contribution in [2.24, 2.45) is 10.2 Å². The number of hydrogen-bond acceptors (Lipinski definition) is 4. The minimum atomic E-state index is -0.294. The number of rotatable bonds is 4. The maximum Gasteiger partial charge on any atom is 0.245 e. The Labute approximate surface area is 129 Å². The summed E-state index contributed by atoms with van der Waals surface area (Å²) in [6.07, 6.45) is 1.83. The summed E-state index contributed by atoms with van der Waals surface area (Å²) < 4.78 is 0. The van der Waals surface area contributed by atoms with E-state index in [4.69, 9.17) is 0 Å². The van der Waals surface area contributed by atoms with Crippen molar-refractivity contribution in [3.05, 3.63) is 35.4 Å². The zero-order chi connectivity index (χ0) is 16.2. The van der Waals surface area contributed by atoms with E-state index >= 15 is 0 Å². The summed E-state index contributed by atoms with van der Waals surface area (Å²) in [7, 11) is 0. The maximum absolute atomic E-state index is 11.6. The number of nitrogens with one attached hydrogen (secondary N) is 2. The molecule has 0 aromatic heterocycles. The molecule has 0 aliphatic carbocycles. The predicted octanol–water partition coefficient (Wildman–Crippen LogP) is 1.70. The second-order valence-corrected chi connectivity index (χ2v) is 6.23. The molecule has 6 nitrogen and oxygen atoms in total. The number of nitrogens with zero attached hydrogens (tertiary/aromatic N) is 2. The minimum absolute atomic E-state index is 0.0685. The number of hydrazone groups is 2. The predicted molar refractivity (Wildman–Crippen MR) is 85.7 cm³/mol. The normalized spacial score (nSPS) is 14.9. The van der Waals surface area contributed by atoms with Gasteiger partial charge in [-0.15, -0.1) is 0 Å². The number of carbonyl (C=O) groups is 2. The molecule has 1 aromatic carbocycles. The molecule has 1 heterocycles. The van der Waals surface area contributed by atoms with Gasteiger partial charge in [-0.3, -0.25) is 9.59 Å². The molecular formula is C16H20N4O2. The van der Waals surface area contributed by atoms with Gasteiger partial charge < -0.3 is 0 Å². The van der Waals surface area contributed by atoms with E-state index in [1.54, 1.807) is 6.21 Å². The SMILES string of the molecule is CC(C)(C)c1ccc(C=NNC(=O)CC2=NNC(=O)C2)cc1. The summed E-state index contributed by atoms with van der Waals surface area (Å²) in [5.41, 5.74) is 7.51. The van der Waals surface area contributed by atoms with Gasteiger partial charge in [-0.25, -0.2) is 10.9 Å². The van der Waals surface area contributed by atoms with Gasteiger partial charge in [0.15, 0.2) is 0 Å². The van der Waals surface area contributed by atoms with Crippen LogP contribution in [0.1, 0.15) is 44.7 Å². The van der Waals surface area contributed by atoms with Crippen molar-refractivity contribution in [1.82, 2.24) is 10.9 Å². The fourth-order valence-corrected chi connectivity index (χ4v) is 1.98. The van der Waals surface area contributed by atoms with Crippen LogP contribution in [0.4, 0.5) is 0 Å². The van der Waals surface area contributed by atoms with Crippen LogP contribution in [-0.4, -0.2) is 23.7 Å². The summed E-state index contributed by atoms with van der Waals surface area (Å²) >= 11 is 0. The van der Waals surface area contributed by atoms with Crippen LogP contribution < -0.4 is 10.9 Å². The lowest BCUT2D eigenvalue weighted by molar-refractivity contribution is -0.119. The molecule has 0 spiro atoms. The summed E-state index contributed by atoms with van der Waals surface area (Å²) in [6.45, 7) is 6.46. The van der Waals surface area contributed by atoms with Gasteiger partial charge in [0.05, 0.1) is 24.8 Å². The molecule has 0 radical (unpaired) electrons. The molecule has 2 N–H and O–H groups in total. The highest BCUT2D eigenvalue weighted by atomic mass is 16.2. The average Bonchev–Trinajstić information content (AvgIpc) is 2.83. The maximum atomic E-state index is 11.6. The second kappa shape index (κ2) is 6.51. The average molecular weight is 300 g/mol. The van der Waals surface area contributed by atoms with E-state index in [9.17, 15) is 9.59 Å². The van der Waals surface area contributed by atoms with Gasteiger partial charge >= 0.3 is 0 Å². The number of amides is 2. The van der Waals surface area contributed by atoms with Gasteiger partial charge in [0, 0.05) is 0 Å². The highest BCUT2D eigenvalue weighted by Crippen LogP contribution is 2.21. The van der Waals surface area contributed by atoms with Crippen LogP contribution in [0.25, 0.3) is 0 Å².